The van der Waals surface area contributed by atoms with Gasteiger partial charge in [0.15, 0.2) is 5.13 Å². The first-order valence-corrected chi connectivity index (χ1v) is 8.44. The van der Waals surface area contributed by atoms with Crippen LogP contribution in [0.3, 0.4) is 0 Å². The van der Waals surface area contributed by atoms with Gasteiger partial charge in [0.2, 0.25) is 5.91 Å². The average Bonchev–Trinajstić information content (AvgIpc) is 2.99. The number of hydrogen-bond acceptors (Lipinski definition) is 4. The second kappa shape index (κ2) is 5.35. The van der Waals surface area contributed by atoms with E-state index in [4.69, 9.17) is 10.7 Å². The predicted octanol–water partition coefficient (Wildman–Crippen LogP) is 3.02. The first-order chi connectivity index (χ1) is 11.1. The van der Waals surface area contributed by atoms with Crippen LogP contribution in [0.4, 0.5) is 5.13 Å². The van der Waals surface area contributed by atoms with Crippen molar-refractivity contribution in [1.82, 2.24) is 4.98 Å². The summed E-state index contributed by atoms with van der Waals surface area (Å²) in [5.41, 5.74) is 10.3. The molecule has 0 radical (unpaired) electrons. The summed E-state index contributed by atoms with van der Waals surface area (Å²) < 4.78 is 1.17. The number of anilines is 1. The van der Waals surface area contributed by atoms with Gasteiger partial charge in [0.1, 0.15) is 6.04 Å². The lowest BCUT2D eigenvalue weighted by Crippen LogP contribution is -2.48. The van der Waals surface area contributed by atoms with Crippen LogP contribution < -0.4 is 10.6 Å². The number of aryl methyl sites for hydroxylation is 1. The number of hydrogen-bond donors (Lipinski definition) is 1. The number of nitrogens with two attached hydrogens (primary N) is 1. The second-order valence-electron chi connectivity index (χ2n) is 5.94. The quantitative estimate of drug-likeness (QED) is 0.788. The predicted molar refractivity (Wildman–Crippen MR) is 93.7 cm³/mol. The van der Waals surface area contributed by atoms with Crippen molar-refractivity contribution in [1.29, 1.82) is 0 Å². The molecule has 0 saturated heterocycles. The lowest BCUT2D eigenvalue weighted by Gasteiger charge is -2.34. The minimum absolute atomic E-state index is 0.296. The molecule has 4 rings (SSSR count). The number of carbonyl (C=O) groups is 1. The van der Waals surface area contributed by atoms with Gasteiger partial charge >= 0.3 is 0 Å². The molecule has 5 heteroatoms. The standard InChI is InChI=1S/C18H17N3OS/c1-11-5-4-8-14-16(11)23-18(20-14)21-10-13-7-3-2-6-12(13)9-15(21)17(19)22/h2-8,15H,9-10H2,1H3,(H2,19,22)/t15-/m0/s1. The fraction of sp³-hybridized carbons (Fsp3) is 0.222. The molecule has 4 nitrogen and oxygen atoms in total. The minimum atomic E-state index is -0.342. The molecule has 2 aromatic carbocycles. The zero-order valence-corrected chi connectivity index (χ0v) is 13.6. The van der Waals surface area contributed by atoms with Gasteiger partial charge in [-0.05, 0) is 29.7 Å². The van der Waals surface area contributed by atoms with Gasteiger partial charge in [-0.3, -0.25) is 4.79 Å². The molecular weight excluding hydrogens is 306 g/mol. The highest BCUT2D eigenvalue weighted by Gasteiger charge is 2.32. The smallest absolute Gasteiger partial charge is 0.240 e. The lowest BCUT2D eigenvalue weighted by molar-refractivity contribution is -0.119. The maximum atomic E-state index is 12.0. The Labute approximate surface area is 138 Å². The topological polar surface area (TPSA) is 59.2 Å². The fourth-order valence-electron chi connectivity index (χ4n) is 3.18. The fourth-order valence-corrected chi connectivity index (χ4v) is 4.26. The van der Waals surface area contributed by atoms with Crippen LogP contribution in [0.15, 0.2) is 42.5 Å². The van der Waals surface area contributed by atoms with Crippen molar-refractivity contribution in [3.05, 3.63) is 59.2 Å². The van der Waals surface area contributed by atoms with Gasteiger partial charge in [0.05, 0.1) is 10.2 Å². The van der Waals surface area contributed by atoms with E-state index in [2.05, 4.69) is 30.0 Å². The Balaban J connectivity index is 1.81. The Morgan fingerprint density at radius 3 is 2.74 bits per heavy atom. The zero-order chi connectivity index (χ0) is 16.0. The molecule has 1 aliphatic heterocycles. The van der Waals surface area contributed by atoms with Gasteiger partial charge in [0.25, 0.3) is 0 Å². The third-order valence-electron chi connectivity index (χ3n) is 4.42. The maximum Gasteiger partial charge on any atom is 0.240 e. The molecule has 1 amide bonds. The van der Waals surface area contributed by atoms with Gasteiger partial charge in [0, 0.05) is 13.0 Å². The van der Waals surface area contributed by atoms with Crippen molar-refractivity contribution in [2.75, 3.05) is 4.90 Å². The van der Waals surface area contributed by atoms with E-state index in [1.807, 2.05) is 24.3 Å². The Morgan fingerprint density at radius 2 is 2.00 bits per heavy atom. The highest BCUT2D eigenvalue weighted by atomic mass is 32.1. The summed E-state index contributed by atoms with van der Waals surface area (Å²) in [4.78, 5) is 18.8. The number of carbonyl (C=O) groups excluding carboxylic acids is 1. The molecule has 0 spiro atoms. The summed E-state index contributed by atoms with van der Waals surface area (Å²) in [6.45, 7) is 2.75. The number of benzene rings is 2. The number of primary amides is 1. The molecule has 1 aromatic heterocycles. The van der Waals surface area contributed by atoms with Crippen LogP contribution in [0.2, 0.25) is 0 Å². The van der Waals surface area contributed by atoms with Crippen LogP contribution >= 0.6 is 11.3 Å². The molecular formula is C18H17N3OS. The Morgan fingerprint density at radius 1 is 1.22 bits per heavy atom. The first kappa shape index (κ1) is 14.2. The summed E-state index contributed by atoms with van der Waals surface area (Å²) >= 11 is 1.63. The summed E-state index contributed by atoms with van der Waals surface area (Å²) in [6, 6.07) is 14.0. The Bertz CT molecular complexity index is 902. The number of rotatable bonds is 2. The maximum absolute atomic E-state index is 12.0. The molecule has 0 fully saturated rings. The van der Waals surface area contributed by atoms with E-state index < -0.39 is 0 Å². The molecule has 3 aromatic rings. The van der Waals surface area contributed by atoms with E-state index >= 15 is 0 Å². The second-order valence-corrected chi connectivity index (χ2v) is 6.92. The largest absolute Gasteiger partial charge is 0.368 e. The van der Waals surface area contributed by atoms with Gasteiger partial charge in [-0.25, -0.2) is 4.98 Å². The number of nitrogens with zero attached hydrogens (tertiary/aromatic N) is 2. The molecule has 23 heavy (non-hydrogen) atoms. The van der Waals surface area contributed by atoms with E-state index in [1.165, 1.54) is 21.4 Å². The van der Waals surface area contributed by atoms with E-state index in [0.29, 0.717) is 13.0 Å². The number of amides is 1. The van der Waals surface area contributed by atoms with Crippen molar-refractivity contribution in [2.45, 2.75) is 25.9 Å². The van der Waals surface area contributed by atoms with Gasteiger partial charge < -0.3 is 10.6 Å². The highest BCUT2D eigenvalue weighted by molar-refractivity contribution is 7.22. The lowest BCUT2D eigenvalue weighted by atomic mass is 9.94. The number of thiazole rings is 1. The van der Waals surface area contributed by atoms with Crippen LogP contribution in [0.25, 0.3) is 10.2 Å². The van der Waals surface area contributed by atoms with Crippen LogP contribution in [0.5, 0.6) is 0 Å². The van der Waals surface area contributed by atoms with Crippen LogP contribution in [0, 0.1) is 6.92 Å². The number of aromatic nitrogens is 1. The molecule has 0 saturated carbocycles. The molecule has 0 bridgehead atoms. The van der Waals surface area contributed by atoms with Gasteiger partial charge in [-0.1, -0.05) is 47.7 Å². The highest BCUT2D eigenvalue weighted by Crippen LogP contribution is 2.35. The molecule has 0 unspecified atom stereocenters. The minimum Gasteiger partial charge on any atom is -0.368 e. The molecule has 2 N–H and O–H groups in total. The van der Waals surface area contributed by atoms with E-state index in [1.54, 1.807) is 11.3 Å². The normalized spacial score (nSPS) is 17.3. The van der Waals surface area contributed by atoms with Gasteiger partial charge in [-0.2, -0.15) is 0 Å². The molecule has 2 heterocycles. The van der Waals surface area contributed by atoms with Gasteiger partial charge in [-0.15, -0.1) is 0 Å². The molecule has 1 atom stereocenters. The van der Waals surface area contributed by atoms with E-state index in [-0.39, 0.29) is 11.9 Å². The van der Waals surface area contributed by atoms with E-state index in [0.717, 1.165) is 10.6 Å². The molecule has 0 aliphatic carbocycles. The van der Waals surface area contributed by atoms with E-state index in [9.17, 15) is 4.79 Å². The SMILES string of the molecule is Cc1cccc2nc(N3Cc4ccccc4C[C@H]3C(N)=O)sc12. The zero-order valence-electron chi connectivity index (χ0n) is 12.8. The Hall–Kier alpha value is -2.40. The summed E-state index contributed by atoms with van der Waals surface area (Å²) in [5, 5.41) is 0.868. The van der Waals surface area contributed by atoms with Crippen LogP contribution in [-0.4, -0.2) is 16.9 Å². The first-order valence-electron chi connectivity index (χ1n) is 7.62. The van der Waals surface area contributed by atoms with Crippen molar-refractivity contribution in [3.63, 3.8) is 0 Å². The van der Waals surface area contributed by atoms with Crippen molar-refractivity contribution in [2.24, 2.45) is 5.73 Å². The summed E-state index contributed by atoms with van der Waals surface area (Å²) in [7, 11) is 0. The number of fused-ring (bicyclic) bond motifs is 2. The monoisotopic (exact) mass is 323 g/mol. The summed E-state index contributed by atoms with van der Waals surface area (Å²) in [5.74, 6) is -0.296. The molecule has 1 aliphatic rings. The summed E-state index contributed by atoms with van der Waals surface area (Å²) in [6.07, 6.45) is 0.639. The van der Waals surface area contributed by atoms with Crippen LogP contribution in [-0.2, 0) is 17.8 Å². The third-order valence-corrected chi connectivity index (χ3v) is 5.67. The van der Waals surface area contributed by atoms with Crippen molar-refractivity contribution < 1.29 is 4.79 Å². The molecule has 116 valence electrons. The van der Waals surface area contributed by atoms with Crippen LogP contribution in [0.1, 0.15) is 16.7 Å². The Kier molecular flexibility index (Phi) is 3.31. The van der Waals surface area contributed by atoms with Crippen molar-refractivity contribution >= 4 is 32.6 Å². The van der Waals surface area contributed by atoms with Crippen molar-refractivity contribution in [3.8, 4) is 0 Å². The average molecular weight is 323 g/mol. The third kappa shape index (κ3) is 2.37.